The molecule has 1 aliphatic heterocycles. The molecular formula is C18H16ClN3OS2. The van der Waals surface area contributed by atoms with E-state index in [4.69, 9.17) is 11.6 Å². The first-order chi connectivity index (χ1) is 12.2. The van der Waals surface area contributed by atoms with E-state index in [0.29, 0.717) is 14.3 Å². The van der Waals surface area contributed by atoms with Gasteiger partial charge in [0, 0.05) is 30.9 Å². The molecule has 4 nitrogen and oxygen atoms in total. The second kappa shape index (κ2) is 7.25. The zero-order valence-electron chi connectivity index (χ0n) is 13.4. The van der Waals surface area contributed by atoms with E-state index in [1.165, 1.54) is 21.8 Å². The third-order valence-electron chi connectivity index (χ3n) is 4.08. The molecule has 0 fully saturated rings. The van der Waals surface area contributed by atoms with Gasteiger partial charge < -0.3 is 0 Å². The predicted octanol–water partition coefficient (Wildman–Crippen LogP) is 4.67. The first-order valence-corrected chi connectivity index (χ1v) is 10.00. The minimum atomic E-state index is -0.149. The van der Waals surface area contributed by atoms with Gasteiger partial charge in [0.25, 0.3) is 5.91 Å². The van der Waals surface area contributed by atoms with Crippen LogP contribution in [0.3, 0.4) is 0 Å². The average Bonchev–Trinajstić information content (AvgIpc) is 3.21. The number of aromatic nitrogens is 1. The van der Waals surface area contributed by atoms with Crippen molar-refractivity contribution in [3.63, 3.8) is 0 Å². The number of halogens is 1. The van der Waals surface area contributed by atoms with E-state index >= 15 is 0 Å². The lowest BCUT2D eigenvalue weighted by atomic mass is 10.1. The number of thiazole rings is 1. The molecule has 0 aliphatic carbocycles. The molecule has 0 bridgehead atoms. The Morgan fingerprint density at radius 3 is 2.80 bits per heavy atom. The Morgan fingerprint density at radius 1 is 1.20 bits per heavy atom. The van der Waals surface area contributed by atoms with E-state index in [9.17, 15) is 4.79 Å². The molecule has 3 aromatic rings. The summed E-state index contributed by atoms with van der Waals surface area (Å²) in [6, 6.07) is 14.0. The summed E-state index contributed by atoms with van der Waals surface area (Å²) in [5.74, 6) is -0.149. The van der Waals surface area contributed by atoms with E-state index in [1.807, 2.05) is 6.07 Å². The van der Waals surface area contributed by atoms with Crippen molar-refractivity contribution in [2.24, 2.45) is 0 Å². The standard InChI is InChI=1S/C18H16ClN3OS2/c19-16-7-6-14(24-16)17(23)21-18-20-13-8-9-22(11-15(13)25-18)10-12-4-2-1-3-5-12/h1-7H,8-11H2,(H,20,21,23). The van der Waals surface area contributed by atoms with Gasteiger partial charge in [0.1, 0.15) is 0 Å². The third kappa shape index (κ3) is 3.93. The van der Waals surface area contributed by atoms with E-state index in [2.05, 4.69) is 39.5 Å². The maximum Gasteiger partial charge on any atom is 0.267 e. The molecule has 128 valence electrons. The van der Waals surface area contributed by atoms with Crippen molar-refractivity contribution in [2.75, 3.05) is 11.9 Å². The molecule has 3 heterocycles. The van der Waals surface area contributed by atoms with Crippen molar-refractivity contribution in [3.8, 4) is 0 Å². The van der Waals surface area contributed by atoms with E-state index in [0.717, 1.165) is 31.7 Å². The molecule has 1 amide bonds. The second-order valence-electron chi connectivity index (χ2n) is 5.89. The number of carbonyl (C=O) groups is 1. The molecule has 1 N–H and O–H groups in total. The molecule has 0 radical (unpaired) electrons. The number of benzene rings is 1. The second-order valence-corrected chi connectivity index (χ2v) is 8.69. The van der Waals surface area contributed by atoms with Crippen LogP contribution in [0.4, 0.5) is 5.13 Å². The molecule has 0 spiro atoms. The Labute approximate surface area is 159 Å². The summed E-state index contributed by atoms with van der Waals surface area (Å²) in [6.07, 6.45) is 0.916. The molecule has 0 saturated carbocycles. The number of nitrogens with zero attached hydrogens (tertiary/aromatic N) is 2. The molecule has 0 unspecified atom stereocenters. The lowest BCUT2D eigenvalue weighted by Crippen LogP contribution is -2.29. The zero-order chi connectivity index (χ0) is 17.2. The number of hydrogen-bond acceptors (Lipinski definition) is 5. The summed E-state index contributed by atoms with van der Waals surface area (Å²) >= 11 is 8.73. The van der Waals surface area contributed by atoms with Crippen LogP contribution >= 0.6 is 34.3 Å². The van der Waals surface area contributed by atoms with Gasteiger partial charge in [-0.25, -0.2) is 4.98 Å². The monoisotopic (exact) mass is 389 g/mol. The van der Waals surface area contributed by atoms with E-state index in [-0.39, 0.29) is 5.91 Å². The van der Waals surface area contributed by atoms with Crippen LogP contribution in [0.5, 0.6) is 0 Å². The van der Waals surface area contributed by atoms with Gasteiger partial charge in [-0.1, -0.05) is 41.9 Å². The highest BCUT2D eigenvalue weighted by molar-refractivity contribution is 7.18. The van der Waals surface area contributed by atoms with Gasteiger partial charge in [0.2, 0.25) is 0 Å². The third-order valence-corrected chi connectivity index (χ3v) is 6.30. The van der Waals surface area contributed by atoms with Crippen LogP contribution in [0.2, 0.25) is 4.34 Å². The molecule has 0 atom stereocenters. The van der Waals surface area contributed by atoms with Crippen LogP contribution in [0.15, 0.2) is 42.5 Å². The number of rotatable bonds is 4. The summed E-state index contributed by atoms with van der Waals surface area (Å²) < 4.78 is 0.611. The van der Waals surface area contributed by atoms with Crippen molar-refractivity contribution in [1.29, 1.82) is 0 Å². The number of anilines is 1. The molecule has 4 rings (SSSR count). The molecule has 0 saturated heterocycles. The number of carbonyl (C=O) groups excluding carboxylic acids is 1. The van der Waals surface area contributed by atoms with Crippen molar-refractivity contribution in [3.05, 3.63) is 67.8 Å². The normalized spacial score (nSPS) is 14.3. The Hall–Kier alpha value is -1.73. The Bertz CT molecular complexity index is 891. The van der Waals surface area contributed by atoms with Gasteiger partial charge in [-0.2, -0.15) is 0 Å². The maximum absolute atomic E-state index is 12.2. The molecule has 1 aromatic carbocycles. The number of nitrogens with one attached hydrogen (secondary N) is 1. The smallest absolute Gasteiger partial charge is 0.267 e. The lowest BCUT2D eigenvalue weighted by molar-refractivity contribution is 0.103. The molecule has 2 aromatic heterocycles. The quantitative estimate of drug-likeness (QED) is 0.705. The SMILES string of the molecule is O=C(Nc1nc2c(s1)CN(Cc1ccccc1)CC2)c1ccc(Cl)s1. The number of hydrogen-bond donors (Lipinski definition) is 1. The van der Waals surface area contributed by atoms with Crippen molar-refractivity contribution in [2.45, 2.75) is 19.5 Å². The van der Waals surface area contributed by atoms with Crippen molar-refractivity contribution in [1.82, 2.24) is 9.88 Å². The van der Waals surface area contributed by atoms with Crippen LogP contribution in [0.1, 0.15) is 25.8 Å². The largest absolute Gasteiger partial charge is 0.297 e. The van der Waals surface area contributed by atoms with Gasteiger partial charge in [-0.15, -0.1) is 22.7 Å². The van der Waals surface area contributed by atoms with Crippen molar-refractivity contribution < 1.29 is 4.79 Å². The zero-order valence-corrected chi connectivity index (χ0v) is 15.8. The summed E-state index contributed by atoms with van der Waals surface area (Å²) in [7, 11) is 0. The summed E-state index contributed by atoms with van der Waals surface area (Å²) in [5.41, 5.74) is 2.42. The van der Waals surface area contributed by atoms with Crippen LogP contribution in [0, 0.1) is 0 Å². The molecular weight excluding hydrogens is 374 g/mol. The van der Waals surface area contributed by atoms with Gasteiger partial charge >= 0.3 is 0 Å². The summed E-state index contributed by atoms with van der Waals surface area (Å²) in [5, 5.41) is 3.56. The summed E-state index contributed by atoms with van der Waals surface area (Å²) in [4.78, 5) is 21.1. The average molecular weight is 390 g/mol. The van der Waals surface area contributed by atoms with Gasteiger partial charge in [0.05, 0.1) is 14.9 Å². The van der Waals surface area contributed by atoms with E-state index < -0.39 is 0 Å². The Balaban J connectivity index is 1.43. The van der Waals surface area contributed by atoms with Crippen LogP contribution in [0.25, 0.3) is 0 Å². The first kappa shape index (κ1) is 16.7. The fourth-order valence-corrected chi connectivity index (χ4v) is 4.86. The first-order valence-electron chi connectivity index (χ1n) is 7.99. The minimum absolute atomic E-state index is 0.149. The highest BCUT2D eigenvalue weighted by Crippen LogP contribution is 2.30. The highest BCUT2D eigenvalue weighted by atomic mass is 35.5. The fourth-order valence-electron chi connectivity index (χ4n) is 2.87. The maximum atomic E-state index is 12.2. The minimum Gasteiger partial charge on any atom is -0.297 e. The summed E-state index contributed by atoms with van der Waals surface area (Å²) in [6.45, 7) is 2.80. The lowest BCUT2D eigenvalue weighted by Gasteiger charge is -2.25. The number of thiophene rings is 1. The van der Waals surface area contributed by atoms with Gasteiger partial charge in [0.15, 0.2) is 5.13 Å². The topological polar surface area (TPSA) is 45.2 Å². The van der Waals surface area contributed by atoms with Crippen LogP contribution < -0.4 is 5.32 Å². The van der Waals surface area contributed by atoms with Gasteiger partial charge in [-0.05, 0) is 17.7 Å². The molecule has 7 heteroatoms. The fraction of sp³-hybridized carbons (Fsp3) is 0.222. The van der Waals surface area contributed by atoms with Crippen LogP contribution in [-0.2, 0) is 19.5 Å². The van der Waals surface area contributed by atoms with Crippen LogP contribution in [-0.4, -0.2) is 22.3 Å². The number of fused-ring (bicyclic) bond motifs is 1. The highest BCUT2D eigenvalue weighted by Gasteiger charge is 2.22. The Kier molecular flexibility index (Phi) is 4.85. The number of amides is 1. The molecule has 25 heavy (non-hydrogen) atoms. The van der Waals surface area contributed by atoms with Gasteiger partial charge in [-0.3, -0.25) is 15.0 Å². The predicted molar refractivity (Wildman–Crippen MR) is 104 cm³/mol. The Morgan fingerprint density at radius 2 is 2.04 bits per heavy atom. The molecule has 1 aliphatic rings. The van der Waals surface area contributed by atoms with E-state index in [1.54, 1.807) is 23.5 Å². The van der Waals surface area contributed by atoms with Crippen molar-refractivity contribution >= 4 is 45.3 Å².